The van der Waals surface area contributed by atoms with Gasteiger partial charge in [0.1, 0.15) is 0 Å². The molecule has 0 aliphatic heterocycles. The average Bonchev–Trinajstić information content (AvgIpc) is 1.82. The van der Waals surface area contributed by atoms with Crippen LogP contribution in [0.2, 0.25) is 0 Å². The van der Waals surface area contributed by atoms with Gasteiger partial charge in [-0.05, 0) is 6.26 Å². The molecule has 0 radical (unpaired) electrons. The fourth-order valence-corrected chi connectivity index (χ4v) is 1.79. The molecule has 74 valence electrons. The lowest BCUT2D eigenvalue weighted by atomic mass is 10.6. The van der Waals surface area contributed by atoms with Crippen LogP contribution < -0.4 is 0 Å². The minimum Gasteiger partial charge on any atom is -0.345 e. The summed E-state index contributed by atoms with van der Waals surface area (Å²) in [5.74, 6) is 0.603. The van der Waals surface area contributed by atoms with Crippen LogP contribution in [0.1, 0.15) is 6.92 Å². The third-order valence-corrected chi connectivity index (χ3v) is 3.99. The van der Waals surface area contributed by atoms with Gasteiger partial charge in [0.25, 0.3) is 0 Å². The van der Waals surface area contributed by atoms with Gasteiger partial charge in [0, 0.05) is 6.92 Å². The number of hydrogen-bond acceptors (Lipinski definition) is 2. The minimum absolute atomic E-state index is 0.0732. The maximum Gasteiger partial charge on any atom is 0.190 e. The average molecular weight is 194 g/mol. The summed E-state index contributed by atoms with van der Waals surface area (Å²) in [6, 6.07) is 0. The van der Waals surface area contributed by atoms with Gasteiger partial charge >= 0.3 is 0 Å². The van der Waals surface area contributed by atoms with Crippen LogP contribution in [0.15, 0.2) is 0 Å². The first-order valence-corrected chi connectivity index (χ1v) is 6.11. The summed E-state index contributed by atoms with van der Waals surface area (Å²) in [5.41, 5.74) is 0. The molecule has 0 spiro atoms. The van der Waals surface area contributed by atoms with E-state index in [9.17, 15) is 9.35 Å². The van der Waals surface area contributed by atoms with Gasteiger partial charge in [0.05, 0.1) is 33.4 Å². The molecular weight excluding hydrogens is 174 g/mol. The summed E-state index contributed by atoms with van der Waals surface area (Å²) in [4.78, 5) is 11.0. The molecule has 0 saturated heterocycles. The van der Waals surface area contributed by atoms with Gasteiger partial charge in [0.15, 0.2) is 5.12 Å². The number of carbonyl (C=O) groups excluding carboxylic acids is 1. The van der Waals surface area contributed by atoms with E-state index in [1.807, 2.05) is 0 Å². The van der Waals surface area contributed by atoms with Crippen molar-refractivity contribution in [2.75, 3.05) is 39.7 Å². The van der Waals surface area contributed by atoms with Gasteiger partial charge in [-0.1, -0.05) is 10.3 Å². The van der Waals surface area contributed by atoms with Gasteiger partial charge in [-0.2, -0.15) is 0 Å². The van der Waals surface area contributed by atoms with E-state index in [1.165, 1.54) is 6.92 Å². The maximum absolute atomic E-state index is 11.0. The second-order valence-corrected chi connectivity index (χ2v) is 7.31. The zero-order valence-electron chi connectivity index (χ0n) is 8.63. The monoisotopic (exact) mass is 194 g/mol. The van der Waals surface area contributed by atoms with Crippen LogP contribution in [0.25, 0.3) is 0 Å². The van der Waals surface area contributed by atoms with Crippen molar-refractivity contribution in [3.63, 3.8) is 0 Å². The van der Waals surface area contributed by atoms with E-state index in [2.05, 4.69) is 21.1 Å². The highest BCUT2D eigenvalue weighted by molar-refractivity contribution is 8.40. The molecule has 0 aromatic carbocycles. The molecule has 0 rings (SSSR count). The minimum atomic E-state index is -1.99. The van der Waals surface area contributed by atoms with Crippen LogP contribution in [0, 0.1) is 0 Å². The lowest BCUT2D eigenvalue weighted by Gasteiger charge is -2.31. The number of nitrogens with zero attached hydrogens (tertiary/aromatic N) is 1. The Bertz CT molecular complexity index is 172. The zero-order valence-corrected chi connectivity index (χ0v) is 9.44. The van der Waals surface area contributed by atoms with Crippen molar-refractivity contribution in [3.8, 4) is 0 Å². The van der Waals surface area contributed by atoms with E-state index < -0.39 is 10.3 Å². The van der Waals surface area contributed by atoms with E-state index in [1.54, 1.807) is 6.26 Å². The summed E-state index contributed by atoms with van der Waals surface area (Å²) in [6.45, 7) is 2.30. The van der Waals surface area contributed by atoms with Crippen molar-refractivity contribution < 1.29 is 13.8 Å². The van der Waals surface area contributed by atoms with Crippen LogP contribution in [-0.4, -0.2) is 53.8 Å². The number of rotatable bonds is 3. The molecule has 3 nitrogen and oxygen atoms in total. The van der Waals surface area contributed by atoms with Crippen molar-refractivity contribution in [2.24, 2.45) is 0 Å². The van der Waals surface area contributed by atoms with Gasteiger partial charge in [-0.25, -0.2) is 0 Å². The van der Waals surface area contributed by atoms with E-state index in [-0.39, 0.29) is 5.12 Å². The van der Waals surface area contributed by atoms with Gasteiger partial charge in [0.2, 0.25) is 0 Å². The molecule has 1 unspecified atom stereocenters. The largest absolute Gasteiger partial charge is 0.345 e. The number of carbonyl (C=O) groups is 1. The first-order chi connectivity index (χ1) is 5.15. The fourth-order valence-electron chi connectivity index (χ4n) is 0.595. The molecule has 0 aromatic heterocycles. The standard InChI is InChI=1S/C8H19NO2S/c1-8(10)12(5,11)7-6-9(2,3)4/h6-7H2,1-5H3/p+1. The molecule has 1 atom stereocenters. The van der Waals surface area contributed by atoms with Gasteiger partial charge in [-0.15, -0.1) is 0 Å². The molecule has 0 aliphatic carbocycles. The first-order valence-electron chi connectivity index (χ1n) is 3.95. The molecule has 1 N–H and O–H groups in total. The number of quaternary nitrogens is 1. The lowest BCUT2D eigenvalue weighted by Crippen LogP contribution is -2.38. The summed E-state index contributed by atoms with van der Waals surface area (Å²) >= 11 is 0. The molecular formula is C8H20NO2S+. The van der Waals surface area contributed by atoms with Crippen molar-refractivity contribution in [2.45, 2.75) is 6.92 Å². The molecule has 0 saturated carbocycles. The van der Waals surface area contributed by atoms with Crippen molar-refractivity contribution in [1.82, 2.24) is 0 Å². The Morgan fingerprint density at radius 1 is 1.42 bits per heavy atom. The predicted octanol–water partition coefficient (Wildman–Crippen LogP) is 1.15. The van der Waals surface area contributed by atoms with Crippen molar-refractivity contribution in [1.29, 1.82) is 0 Å². The first kappa shape index (κ1) is 11.9. The Labute approximate surface area is 76.5 Å². The van der Waals surface area contributed by atoms with Crippen LogP contribution in [0.4, 0.5) is 0 Å². The Hall–Kier alpha value is -0.0600. The quantitative estimate of drug-likeness (QED) is 0.684. The highest BCUT2D eigenvalue weighted by atomic mass is 32.3. The predicted molar refractivity (Wildman–Crippen MR) is 54.6 cm³/mol. The molecule has 0 amide bonds. The number of hydrogen-bond donors (Lipinski definition) is 1. The van der Waals surface area contributed by atoms with Crippen LogP contribution >= 0.6 is 10.3 Å². The molecule has 0 bridgehead atoms. The smallest absolute Gasteiger partial charge is 0.190 e. The molecule has 4 heteroatoms. The Kier molecular flexibility index (Phi) is 3.75. The Morgan fingerprint density at radius 3 is 2.08 bits per heavy atom. The highest BCUT2D eigenvalue weighted by Gasteiger charge is 2.22. The summed E-state index contributed by atoms with van der Waals surface area (Å²) in [5, 5.41) is -0.0732. The van der Waals surface area contributed by atoms with E-state index in [4.69, 9.17) is 0 Å². The maximum atomic E-state index is 11.0. The molecule has 0 aromatic rings. The molecule has 12 heavy (non-hydrogen) atoms. The van der Waals surface area contributed by atoms with E-state index >= 15 is 0 Å². The van der Waals surface area contributed by atoms with Gasteiger partial charge < -0.3 is 9.04 Å². The van der Waals surface area contributed by atoms with Crippen molar-refractivity contribution >= 4 is 15.4 Å². The van der Waals surface area contributed by atoms with E-state index in [0.29, 0.717) is 5.75 Å². The SMILES string of the molecule is CC(=O)S(C)(O)CC[N+](C)(C)C. The Morgan fingerprint density at radius 2 is 1.83 bits per heavy atom. The topological polar surface area (TPSA) is 37.3 Å². The molecule has 0 heterocycles. The van der Waals surface area contributed by atoms with Crippen LogP contribution in [0.3, 0.4) is 0 Å². The summed E-state index contributed by atoms with van der Waals surface area (Å²) < 4.78 is 10.5. The Balaban J connectivity index is 4.01. The van der Waals surface area contributed by atoms with Crippen LogP contribution in [-0.2, 0) is 4.79 Å². The third-order valence-electron chi connectivity index (χ3n) is 1.78. The molecule has 0 aliphatic rings. The highest BCUT2D eigenvalue weighted by Crippen LogP contribution is 2.39. The second-order valence-electron chi connectivity index (χ2n) is 4.25. The summed E-state index contributed by atoms with van der Waals surface area (Å²) in [6.07, 6.45) is 1.66. The fraction of sp³-hybridized carbons (Fsp3) is 0.875. The summed E-state index contributed by atoms with van der Waals surface area (Å²) in [7, 11) is 4.17. The van der Waals surface area contributed by atoms with Crippen molar-refractivity contribution in [3.05, 3.63) is 0 Å². The normalized spacial score (nSPS) is 19.8. The van der Waals surface area contributed by atoms with Gasteiger partial charge in [-0.3, -0.25) is 4.79 Å². The third kappa shape index (κ3) is 4.74. The lowest BCUT2D eigenvalue weighted by molar-refractivity contribution is -0.867. The van der Waals surface area contributed by atoms with E-state index in [0.717, 1.165) is 11.0 Å². The molecule has 0 fully saturated rings. The zero-order chi connectivity index (χ0) is 9.99. The van der Waals surface area contributed by atoms with Crippen LogP contribution in [0.5, 0.6) is 0 Å². The second kappa shape index (κ2) is 3.77.